The second-order valence-electron chi connectivity index (χ2n) is 5.41. The summed E-state index contributed by atoms with van der Waals surface area (Å²) in [6.45, 7) is 0.582. The van der Waals surface area contributed by atoms with Crippen LogP contribution < -0.4 is 5.32 Å². The van der Waals surface area contributed by atoms with Gasteiger partial charge in [0, 0.05) is 26.2 Å². The molecule has 0 aliphatic carbocycles. The first-order chi connectivity index (χ1) is 11.5. The lowest BCUT2D eigenvalue weighted by Gasteiger charge is -2.17. The summed E-state index contributed by atoms with van der Waals surface area (Å²) in [5, 5.41) is 2.68. The van der Waals surface area contributed by atoms with Gasteiger partial charge in [-0.15, -0.1) is 0 Å². The van der Waals surface area contributed by atoms with E-state index in [1.165, 1.54) is 11.4 Å². The van der Waals surface area contributed by atoms with Crippen LogP contribution in [0.4, 0.5) is 0 Å². The van der Waals surface area contributed by atoms with E-state index in [0.29, 0.717) is 13.1 Å². The average Bonchev–Trinajstić information content (AvgIpc) is 2.60. The molecule has 0 saturated carbocycles. The number of hydrogen-bond acceptors (Lipinski definition) is 4. The number of nitrogens with one attached hydrogen (secondary N) is 1. The molecule has 0 atom stereocenters. The number of nitrogens with zero attached hydrogens (tertiary/aromatic N) is 2. The standard InChI is InChI=1S/C17H21N3O3S/c1-20(14-15-7-3-2-4-8-15)24(22,23)12-10-17(21)19-13-16-9-5-6-11-18-16/h2-9,11H,10,12-14H2,1H3,(H,19,21). The number of carbonyl (C=O) groups is 1. The summed E-state index contributed by atoms with van der Waals surface area (Å²) in [6.07, 6.45) is 1.57. The fraction of sp³-hybridized carbons (Fsp3) is 0.294. The maximum Gasteiger partial charge on any atom is 0.221 e. The minimum Gasteiger partial charge on any atom is -0.350 e. The van der Waals surface area contributed by atoms with Gasteiger partial charge in [-0.25, -0.2) is 12.7 Å². The number of hydrogen-bond donors (Lipinski definition) is 1. The topological polar surface area (TPSA) is 79.4 Å². The first kappa shape index (κ1) is 18.1. The summed E-state index contributed by atoms with van der Waals surface area (Å²) in [7, 11) is -1.96. The van der Waals surface area contributed by atoms with E-state index in [9.17, 15) is 13.2 Å². The van der Waals surface area contributed by atoms with E-state index in [1.54, 1.807) is 18.3 Å². The summed E-state index contributed by atoms with van der Waals surface area (Å²) in [5.74, 6) is -0.526. The number of amides is 1. The highest BCUT2D eigenvalue weighted by atomic mass is 32.2. The van der Waals surface area contributed by atoms with Crippen LogP contribution in [0.3, 0.4) is 0 Å². The highest BCUT2D eigenvalue weighted by Crippen LogP contribution is 2.08. The van der Waals surface area contributed by atoms with Gasteiger partial charge in [0.1, 0.15) is 0 Å². The molecule has 6 nitrogen and oxygen atoms in total. The zero-order valence-corrected chi connectivity index (χ0v) is 14.4. The zero-order chi connectivity index (χ0) is 17.4. The Morgan fingerprint density at radius 2 is 1.83 bits per heavy atom. The van der Waals surface area contributed by atoms with E-state index in [-0.39, 0.29) is 18.1 Å². The maximum atomic E-state index is 12.2. The Hall–Kier alpha value is -2.25. The van der Waals surface area contributed by atoms with Crippen molar-refractivity contribution in [3.05, 3.63) is 66.0 Å². The number of carbonyl (C=O) groups excluding carboxylic acids is 1. The molecule has 1 N–H and O–H groups in total. The third-order valence-electron chi connectivity index (χ3n) is 3.50. The molecule has 128 valence electrons. The van der Waals surface area contributed by atoms with Crippen LogP contribution in [0.25, 0.3) is 0 Å². The summed E-state index contributed by atoms with van der Waals surface area (Å²) >= 11 is 0. The van der Waals surface area contributed by atoms with Gasteiger partial charge >= 0.3 is 0 Å². The molecule has 2 rings (SSSR count). The van der Waals surface area contributed by atoms with Crippen LogP contribution in [0.5, 0.6) is 0 Å². The molecular weight excluding hydrogens is 326 g/mol. The Bertz CT molecular complexity index is 749. The normalized spacial score (nSPS) is 11.4. The van der Waals surface area contributed by atoms with Crippen LogP contribution in [0.1, 0.15) is 17.7 Å². The van der Waals surface area contributed by atoms with Gasteiger partial charge in [-0.05, 0) is 17.7 Å². The summed E-state index contributed by atoms with van der Waals surface area (Å²) in [6, 6.07) is 14.8. The fourth-order valence-corrected chi connectivity index (χ4v) is 3.20. The number of rotatable bonds is 8. The highest BCUT2D eigenvalue weighted by molar-refractivity contribution is 7.89. The van der Waals surface area contributed by atoms with E-state index >= 15 is 0 Å². The molecule has 24 heavy (non-hydrogen) atoms. The molecule has 0 spiro atoms. The summed E-state index contributed by atoms with van der Waals surface area (Å²) < 4.78 is 25.8. The van der Waals surface area contributed by atoms with Crippen LogP contribution in [0.15, 0.2) is 54.7 Å². The molecule has 0 fully saturated rings. The van der Waals surface area contributed by atoms with Crippen LogP contribution >= 0.6 is 0 Å². The summed E-state index contributed by atoms with van der Waals surface area (Å²) in [4.78, 5) is 15.9. The number of sulfonamides is 1. The van der Waals surface area contributed by atoms with Crippen molar-refractivity contribution in [3.63, 3.8) is 0 Å². The van der Waals surface area contributed by atoms with Crippen molar-refractivity contribution in [1.82, 2.24) is 14.6 Å². The predicted molar refractivity (Wildman–Crippen MR) is 92.4 cm³/mol. The van der Waals surface area contributed by atoms with Gasteiger partial charge < -0.3 is 5.32 Å². The first-order valence-electron chi connectivity index (χ1n) is 7.62. The Kier molecular flexibility index (Phi) is 6.45. The molecule has 0 radical (unpaired) electrons. The maximum absolute atomic E-state index is 12.2. The van der Waals surface area contributed by atoms with Gasteiger partial charge in [0.15, 0.2) is 0 Å². The first-order valence-corrected chi connectivity index (χ1v) is 9.23. The molecule has 0 unspecified atom stereocenters. The number of pyridine rings is 1. The van der Waals surface area contributed by atoms with Gasteiger partial charge in [-0.2, -0.15) is 0 Å². The van der Waals surface area contributed by atoms with E-state index < -0.39 is 10.0 Å². The quantitative estimate of drug-likeness (QED) is 0.786. The van der Waals surface area contributed by atoms with Gasteiger partial charge in [-0.1, -0.05) is 36.4 Å². The van der Waals surface area contributed by atoms with Crippen LogP contribution in [-0.2, 0) is 27.9 Å². The van der Waals surface area contributed by atoms with Crippen molar-refractivity contribution in [3.8, 4) is 0 Å². The minimum absolute atomic E-state index is 0.0751. The Labute approximate surface area is 142 Å². The van der Waals surface area contributed by atoms with Crippen LogP contribution in [0, 0.1) is 0 Å². The van der Waals surface area contributed by atoms with Crippen molar-refractivity contribution in [2.75, 3.05) is 12.8 Å². The monoisotopic (exact) mass is 347 g/mol. The Balaban J connectivity index is 1.80. The second kappa shape index (κ2) is 8.56. The van der Waals surface area contributed by atoms with Gasteiger partial charge in [-0.3, -0.25) is 9.78 Å². The zero-order valence-electron chi connectivity index (χ0n) is 13.6. The molecule has 0 aliphatic rings. The van der Waals surface area contributed by atoms with Crippen molar-refractivity contribution < 1.29 is 13.2 Å². The van der Waals surface area contributed by atoms with Crippen molar-refractivity contribution in [2.45, 2.75) is 19.5 Å². The molecule has 0 bridgehead atoms. The highest BCUT2D eigenvalue weighted by Gasteiger charge is 2.19. The molecule has 0 saturated heterocycles. The molecule has 2 aromatic rings. The van der Waals surface area contributed by atoms with Gasteiger partial charge in [0.25, 0.3) is 0 Å². The second-order valence-corrected chi connectivity index (χ2v) is 7.60. The van der Waals surface area contributed by atoms with E-state index in [1.807, 2.05) is 36.4 Å². The van der Waals surface area contributed by atoms with E-state index in [2.05, 4.69) is 10.3 Å². The van der Waals surface area contributed by atoms with Crippen molar-refractivity contribution in [2.24, 2.45) is 0 Å². The van der Waals surface area contributed by atoms with E-state index in [4.69, 9.17) is 0 Å². The molecule has 1 heterocycles. The predicted octanol–water partition coefficient (Wildman–Crippen LogP) is 1.55. The SMILES string of the molecule is CN(Cc1ccccc1)S(=O)(=O)CCC(=O)NCc1ccccn1. The Morgan fingerprint density at radius 3 is 2.50 bits per heavy atom. The third-order valence-corrected chi connectivity index (χ3v) is 5.30. The van der Waals surface area contributed by atoms with Gasteiger partial charge in [0.05, 0.1) is 18.0 Å². The minimum atomic E-state index is -3.48. The smallest absolute Gasteiger partial charge is 0.221 e. The lowest BCUT2D eigenvalue weighted by atomic mass is 10.2. The molecule has 1 amide bonds. The molecule has 7 heteroatoms. The lowest BCUT2D eigenvalue weighted by Crippen LogP contribution is -2.32. The fourth-order valence-electron chi connectivity index (χ4n) is 2.10. The third kappa shape index (κ3) is 5.75. The largest absolute Gasteiger partial charge is 0.350 e. The van der Waals surface area contributed by atoms with Crippen molar-refractivity contribution in [1.29, 1.82) is 0 Å². The molecule has 1 aromatic heterocycles. The van der Waals surface area contributed by atoms with Crippen LogP contribution in [-0.4, -0.2) is 36.4 Å². The van der Waals surface area contributed by atoms with Gasteiger partial charge in [0.2, 0.25) is 15.9 Å². The number of aromatic nitrogens is 1. The Morgan fingerprint density at radius 1 is 1.12 bits per heavy atom. The molecule has 1 aromatic carbocycles. The van der Waals surface area contributed by atoms with Crippen LogP contribution in [0.2, 0.25) is 0 Å². The van der Waals surface area contributed by atoms with Crippen molar-refractivity contribution >= 4 is 15.9 Å². The molecular formula is C17H21N3O3S. The summed E-state index contributed by atoms with van der Waals surface area (Å²) in [5.41, 5.74) is 1.64. The lowest BCUT2D eigenvalue weighted by molar-refractivity contribution is -0.120. The molecule has 0 aliphatic heterocycles. The average molecular weight is 347 g/mol. The number of benzene rings is 1. The van der Waals surface area contributed by atoms with E-state index in [0.717, 1.165) is 11.3 Å².